The molecule has 0 atom stereocenters. The molecule has 3 aromatic rings. The molecule has 2 heterocycles. The van der Waals surface area contributed by atoms with Gasteiger partial charge in [0.05, 0.1) is 10.3 Å². The maximum Gasteiger partial charge on any atom is 0.345 e. The summed E-state index contributed by atoms with van der Waals surface area (Å²) in [6.45, 7) is -0.309. The summed E-state index contributed by atoms with van der Waals surface area (Å²) in [6, 6.07) is 3.63. The number of aryl methyl sites for hydroxylation is 2. The lowest BCUT2D eigenvalue weighted by molar-refractivity contribution is -0.385. The van der Waals surface area contributed by atoms with Crippen molar-refractivity contribution in [3.63, 3.8) is 0 Å². The summed E-state index contributed by atoms with van der Waals surface area (Å²) in [6.07, 6.45) is 2.85. The van der Waals surface area contributed by atoms with E-state index in [1.807, 2.05) is 0 Å². The summed E-state index contributed by atoms with van der Waals surface area (Å²) >= 11 is 7.29. The van der Waals surface area contributed by atoms with Crippen LogP contribution < -0.4 is 5.56 Å². The quantitative estimate of drug-likeness (QED) is 0.404. The zero-order chi connectivity index (χ0) is 19.1. The number of aromatic nitrogens is 2. The van der Waals surface area contributed by atoms with E-state index in [9.17, 15) is 19.7 Å². The van der Waals surface area contributed by atoms with Crippen molar-refractivity contribution in [2.24, 2.45) is 0 Å². The number of aromatic amines is 1. The van der Waals surface area contributed by atoms with E-state index in [0.29, 0.717) is 10.2 Å². The molecule has 0 spiro atoms. The number of benzene rings is 1. The highest BCUT2D eigenvalue weighted by molar-refractivity contribution is 7.18. The average Bonchev–Trinajstić information content (AvgIpc) is 3.19. The Bertz CT molecular complexity index is 1150. The van der Waals surface area contributed by atoms with Crippen LogP contribution in [-0.2, 0) is 24.2 Å². The Morgan fingerprint density at radius 3 is 3.00 bits per heavy atom. The van der Waals surface area contributed by atoms with E-state index in [0.717, 1.165) is 30.9 Å². The lowest BCUT2D eigenvalue weighted by Crippen LogP contribution is -2.15. The molecule has 0 amide bonds. The van der Waals surface area contributed by atoms with Crippen LogP contribution in [0.1, 0.15) is 33.0 Å². The predicted molar refractivity (Wildman–Crippen MR) is 99.5 cm³/mol. The minimum Gasteiger partial charge on any atom is -0.454 e. The van der Waals surface area contributed by atoms with Crippen LogP contribution >= 0.6 is 22.9 Å². The lowest BCUT2D eigenvalue weighted by atomic mass is 10.2. The van der Waals surface area contributed by atoms with Crippen molar-refractivity contribution in [1.82, 2.24) is 9.97 Å². The molecule has 0 radical (unpaired) electrons. The second-order valence-corrected chi connectivity index (χ2v) is 7.56. The highest BCUT2D eigenvalue weighted by Gasteiger charge is 2.23. The van der Waals surface area contributed by atoms with Crippen molar-refractivity contribution >= 4 is 44.8 Å². The van der Waals surface area contributed by atoms with Crippen molar-refractivity contribution in [3.8, 4) is 0 Å². The van der Waals surface area contributed by atoms with E-state index in [1.165, 1.54) is 28.3 Å². The Hall–Kier alpha value is -2.78. The average molecular weight is 406 g/mol. The Morgan fingerprint density at radius 1 is 1.41 bits per heavy atom. The summed E-state index contributed by atoms with van der Waals surface area (Å²) < 4.78 is 5.11. The Kier molecular flexibility index (Phi) is 4.40. The lowest BCUT2D eigenvalue weighted by Gasteiger charge is -2.06. The Balaban J connectivity index is 1.59. The van der Waals surface area contributed by atoms with E-state index in [1.54, 1.807) is 0 Å². The number of nitrogens with zero attached hydrogens (tertiary/aromatic N) is 2. The monoisotopic (exact) mass is 405 g/mol. The number of nitrogens with one attached hydrogen (secondary N) is 1. The number of carbonyl (C=O) groups is 1. The van der Waals surface area contributed by atoms with Crippen LogP contribution in [0.3, 0.4) is 0 Å². The number of thiophene rings is 1. The van der Waals surface area contributed by atoms with Crippen LogP contribution in [0.5, 0.6) is 0 Å². The summed E-state index contributed by atoms with van der Waals surface area (Å²) in [5.74, 6) is -0.730. The van der Waals surface area contributed by atoms with Crippen LogP contribution in [0.25, 0.3) is 10.2 Å². The fraction of sp³-hybridized carbons (Fsp3) is 0.235. The molecular weight excluding hydrogens is 394 g/mol. The highest BCUT2D eigenvalue weighted by Crippen LogP contribution is 2.34. The summed E-state index contributed by atoms with van der Waals surface area (Å²) in [5, 5.41) is 11.8. The summed E-state index contributed by atoms with van der Waals surface area (Å²) in [4.78, 5) is 43.8. The SMILES string of the molecule is O=C(OCc1nc2sc3c(c2c(=O)[nH]1)CCC3)c1cc(Cl)ccc1[N+](=O)[O-]. The molecule has 2 aromatic heterocycles. The Morgan fingerprint density at radius 2 is 2.22 bits per heavy atom. The zero-order valence-corrected chi connectivity index (χ0v) is 15.4. The highest BCUT2D eigenvalue weighted by atomic mass is 35.5. The molecule has 0 aliphatic heterocycles. The minimum absolute atomic E-state index is 0.175. The standard InChI is InChI=1S/C17H12ClN3O5S/c18-8-4-5-11(21(24)25)10(6-8)17(23)26-7-13-19-15(22)14-9-2-1-3-12(9)27-16(14)20-13/h4-6H,1-3,7H2,(H,19,20,22). The number of nitro benzene ring substituents is 1. The molecule has 4 rings (SSSR count). The molecule has 0 saturated carbocycles. The third-order valence-corrected chi connectivity index (χ3v) is 5.76. The summed E-state index contributed by atoms with van der Waals surface area (Å²) in [7, 11) is 0. The Labute approximate surface area is 160 Å². The van der Waals surface area contributed by atoms with Crippen molar-refractivity contribution in [2.75, 3.05) is 0 Å². The molecule has 0 bridgehead atoms. The van der Waals surface area contributed by atoms with Gasteiger partial charge in [-0.2, -0.15) is 0 Å². The van der Waals surface area contributed by atoms with Gasteiger partial charge in [0.2, 0.25) is 0 Å². The van der Waals surface area contributed by atoms with Crippen LogP contribution in [-0.4, -0.2) is 20.9 Å². The first-order valence-electron chi connectivity index (χ1n) is 8.08. The molecule has 8 nitrogen and oxygen atoms in total. The van der Waals surface area contributed by atoms with Crippen LogP contribution in [0.4, 0.5) is 5.69 Å². The van der Waals surface area contributed by atoms with Gasteiger partial charge in [0.25, 0.3) is 11.2 Å². The van der Waals surface area contributed by atoms with Crippen molar-refractivity contribution in [3.05, 3.63) is 65.5 Å². The number of fused-ring (bicyclic) bond motifs is 3. The number of esters is 1. The first kappa shape index (κ1) is 17.6. The van der Waals surface area contributed by atoms with E-state index < -0.39 is 16.6 Å². The van der Waals surface area contributed by atoms with Gasteiger partial charge >= 0.3 is 5.97 Å². The molecule has 10 heteroatoms. The minimum atomic E-state index is -0.916. The smallest absolute Gasteiger partial charge is 0.345 e. The number of ether oxygens (including phenoxy) is 1. The molecule has 0 saturated heterocycles. The van der Waals surface area contributed by atoms with Gasteiger partial charge in [0, 0.05) is 16.0 Å². The van der Waals surface area contributed by atoms with Crippen molar-refractivity contribution in [1.29, 1.82) is 0 Å². The molecule has 1 aliphatic rings. The van der Waals surface area contributed by atoms with Crippen LogP contribution in [0.2, 0.25) is 5.02 Å². The molecular formula is C17H12ClN3O5S. The van der Waals surface area contributed by atoms with E-state index in [4.69, 9.17) is 16.3 Å². The third kappa shape index (κ3) is 3.19. The molecule has 138 valence electrons. The number of hydrogen-bond acceptors (Lipinski definition) is 7. The van der Waals surface area contributed by atoms with Gasteiger partial charge in [-0.1, -0.05) is 11.6 Å². The van der Waals surface area contributed by atoms with Gasteiger partial charge in [-0.05, 0) is 37.0 Å². The normalized spacial score (nSPS) is 12.9. The predicted octanol–water partition coefficient (Wildman–Crippen LogP) is 3.39. The molecule has 1 aromatic carbocycles. The number of nitro groups is 1. The molecule has 0 fully saturated rings. The topological polar surface area (TPSA) is 115 Å². The van der Waals surface area contributed by atoms with Gasteiger partial charge in [-0.15, -0.1) is 11.3 Å². The molecule has 1 N–H and O–H groups in total. The van der Waals surface area contributed by atoms with Gasteiger partial charge in [0.15, 0.2) is 0 Å². The van der Waals surface area contributed by atoms with Gasteiger partial charge < -0.3 is 9.72 Å². The third-order valence-electron chi connectivity index (χ3n) is 4.34. The number of halogens is 1. The molecule has 1 aliphatic carbocycles. The second kappa shape index (κ2) is 6.75. The number of H-pyrrole nitrogens is 1. The van der Waals surface area contributed by atoms with Crippen molar-refractivity contribution in [2.45, 2.75) is 25.9 Å². The van der Waals surface area contributed by atoms with Gasteiger partial charge in [-0.3, -0.25) is 14.9 Å². The molecule has 27 heavy (non-hydrogen) atoms. The zero-order valence-electron chi connectivity index (χ0n) is 13.8. The van der Waals surface area contributed by atoms with Crippen molar-refractivity contribution < 1.29 is 14.5 Å². The summed E-state index contributed by atoms with van der Waals surface area (Å²) in [5.41, 5.74) is 0.128. The van der Waals surface area contributed by atoms with E-state index >= 15 is 0 Å². The second-order valence-electron chi connectivity index (χ2n) is 6.04. The fourth-order valence-electron chi connectivity index (χ4n) is 3.16. The largest absolute Gasteiger partial charge is 0.454 e. The number of carbonyl (C=O) groups excluding carboxylic acids is 1. The van der Waals surface area contributed by atoms with E-state index in [2.05, 4.69) is 9.97 Å². The molecule has 0 unspecified atom stereocenters. The first-order chi connectivity index (χ1) is 12.9. The van der Waals surface area contributed by atoms with E-state index in [-0.39, 0.29) is 28.6 Å². The van der Waals surface area contributed by atoms with Gasteiger partial charge in [-0.25, -0.2) is 9.78 Å². The number of rotatable bonds is 4. The maximum absolute atomic E-state index is 12.4. The first-order valence-corrected chi connectivity index (χ1v) is 9.28. The van der Waals surface area contributed by atoms with Crippen LogP contribution in [0.15, 0.2) is 23.0 Å². The number of hydrogen-bond donors (Lipinski definition) is 1. The fourth-order valence-corrected chi connectivity index (χ4v) is 4.61. The maximum atomic E-state index is 12.4. The van der Waals surface area contributed by atoms with Gasteiger partial charge in [0.1, 0.15) is 22.8 Å². The van der Waals surface area contributed by atoms with Crippen LogP contribution in [0, 0.1) is 10.1 Å².